The van der Waals surface area contributed by atoms with Gasteiger partial charge in [0.2, 0.25) is 0 Å². The highest BCUT2D eigenvalue weighted by atomic mass is 35.5. The maximum Gasteiger partial charge on any atom is 0.325 e. The van der Waals surface area contributed by atoms with Crippen molar-refractivity contribution in [3.8, 4) is 6.07 Å². The van der Waals surface area contributed by atoms with Crippen LogP contribution in [0.5, 0.6) is 0 Å². The van der Waals surface area contributed by atoms with Crippen molar-refractivity contribution in [3.05, 3.63) is 25.5 Å². The zero-order valence-corrected chi connectivity index (χ0v) is 6.67. The Morgan fingerprint density at radius 1 is 1.73 bits per heavy atom. The molecule has 0 amide bonds. The largest absolute Gasteiger partial charge is 0.434 e. The fraction of sp³-hybridized carbons (Fsp3) is 0.143. The van der Waals surface area contributed by atoms with Crippen molar-refractivity contribution in [1.29, 1.82) is 5.26 Å². The minimum atomic E-state index is -0.475. The highest BCUT2D eigenvalue weighted by molar-refractivity contribution is 6.26. The molecule has 0 N–H and O–H groups in total. The molecule has 0 aliphatic rings. The normalized spacial score (nSPS) is 6.18. The van der Waals surface area contributed by atoms with E-state index in [1.165, 1.54) is 6.08 Å². The number of allylic oxidation sites excluding steroid dienone is 1. The predicted molar refractivity (Wildman–Crippen MR) is 42.8 cm³/mol. The number of alkyl halides is 1. The van der Waals surface area contributed by atoms with E-state index in [1.54, 1.807) is 6.07 Å². The number of hydrogen-bond donors (Lipinski definition) is 0. The first-order valence-corrected chi connectivity index (χ1v) is 3.13. The molecule has 3 nitrogen and oxygen atoms in total. The van der Waals surface area contributed by atoms with Gasteiger partial charge in [0.05, 0.1) is 12.3 Å². The van der Waals surface area contributed by atoms with Gasteiger partial charge < -0.3 is 4.74 Å². The van der Waals surface area contributed by atoms with E-state index >= 15 is 0 Å². The Balaban J connectivity index is 0. The molecule has 0 rings (SSSR count). The first kappa shape index (κ1) is 12.4. The number of ether oxygens (including phenoxy) is 1. The zero-order valence-electron chi connectivity index (χ0n) is 5.92. The van der Waals surface area contributed by atoms with Gasteiger partial charge in [-0.1, -0.05) is 13.2 Å². The molecule has 0 aliphatic carbocycles. The second-order valence-electron chi connectivity index (χ2n) is 1.12. The molecule has 0 saturated heterocycles. The van der Waals surface area contributed by atoms with E-state index in [9.17, 15) is 4.79 Å². The molecule has 0 atom stereocenters. The van der Waals surface area contributed by atoms with E-state index in [-0.39, 0.29) is 5.88 Å². The molecule has 60 valence electrons. The fourth-order valence-electron chi connectivity index (χ4n) is 0.124. The van der Waals surface area contributed by atoms with Crippen LogP contribution in [0.25, 0.3) is 0 Å². The van der Waals surface area contributed by atoms with Crippen LogP contribution in [-0.2, 0) is 9.53 Å². The predicted octanol–water partition coefficient (Wildman–Crippen LogP) is 1.61. The van der Waals surface area contributed by atoms with Gasteiger partial charge in [0.1, 0.15) is 5.88 Å². The number of carbonyl (C=O) groups is 1. The standard InChI is InChI=1S/C4H5ClO2.C3H3N/c1-2-7-4(6)3-5;1-2-3-4/h2H,1,3H2;2H,1H2. The lowest BCUT2D eigenvalue weighted by molar-refractivity contribution is -0.135. The highest BCUT2D eigenvalue weighted by Gasteiger charge is 1.91. The molecule has 0 saturated carbocycles. The molecule has 0 spiro atoms. The molecule has 0 radical (unpaired) electrons. The Kier molecular flexibility index (Phi) is 13.0. The Labute approximate surface area is 70.5 Å². The molecule has 4 heteroatoms. The lowest BCUT2D eigenvalue weighted by Gasteiger charge is -1.87. The molecular formula is C7H8ClNO2. The molecular weight excluding hydrogens is 166 g/mol. The monoisotopic (exact) mass is 173 g/mol. The number of carbonyl (C=O) groups excluding carboxylic acids is 1. The van der Waals surface area contributed by atoms with Gasteiger partial charge in [-0.2, -0.15) is 5.26 Å². The summed E-state index contributed by atoms with van der Waals surface area (Å²) in [5, 5.41) is 7.51. The van der Waals surface area contributed by atoms with E-state index in [1.807, 2.05) is 0 Å². The summed E-state index contributed by atoms with van der Waals surface area (Å²) >= 11 is 5.01. The van der Waals surface area contributed by atoms with Gasteiger partial charge in [0.15, 0.2) is 0 Å². The van der Waals surface area contributed by atoms with Crippen LogP contribution in [-0.4, -0.2) is 11.8 Å². The first-order chi connectivity index (χ1) is 5.22. The van der Waals surface area contributed by atoms with Crippen molar-refractivity contribution in [2.75, 3.05) is 5.88 Å². The van der Waals surface area contributed by atoms with Crippen LogP contribution in [0.3, 0.4) is 0 Å². The number of esters is 1. The van der Waals surface area contributed by atoms with Gasteiger partial charge >= 0.3 is 5.97 Å². The Bertz CT molecular complexity index is 172. The van der Waals surface area contributed by atoms with Crippen LogP contribution >= 0.6 is 11.6 Å². The van der Waals surface area contributed by atoms with Crippen molar-refractivity contribution in [1.82, 2.24) is 0 Å². The van der Waals surface area contributed by atoms with E-state index < -0.39 is 5.97 Å². The average molecular weight is 174 g/mol. The minimum absolute atomic E-state index is 0.119. The molecule has 0 unspecified atom stereocenters. The quantitative estimate of drug-likeness (QED) is 0.276. The van der Waals surface area contributed by atoms with Crippen LogP contribution in [0.2, 0.25) is 0 Å². The van der Waals surface area contributed by atoms with Crippen LogP contribution in [0.1, 0.15) is 0 Å². The third-order valence-electron chi connectivity index (χ3n) is 0.415. The molecule has 0 aromatic heterocycles. The Morgan fingerprint density at radius 2 is 2.18 bits per heavy atom. The summed E-state index contributed by atoms with van der Waals surface area (Å²) in [6.07, 6.45) is 2.23. The minimum Gasteiger partial charge on any atom is -0.434 e. The maximum absolute atomic E-state index is 9.99. The van der Waals surface area contributed by atoms with Gasteiger partial charge in [0, 0.05) is 6.08 Å². The van der Waals surface area contributed by atoms with Gasteiger partial charge in [-0.05, 0) is 0 Å². The van der Waals surface area contributed by atoms with Crippen molar-refractivity contribution in [2.45, 2.75) is 0 Å². The highest BCUT2D eigenvalue weighted by Crippen LogP contribution is 1.80. The van der Waals surface area contributed by atoms with Crippen LogP contribution < -0.4 is 0 Å². The third kappa shape index (κ3) is 17.7. The zero-order chi connectivity index (χ0) is 9.11. The molecule has 0 fully saturated rings. The van der Waals surface area contributed by atoms with Crippen molar-refractivity contribution in [3.63, 3.8) is 0 Å². The first-order valence-electron chi connectivity index (χ1n) is 2.59. The second-order valence-corrected chi connectivity index (χ2v) is 1.39. The van der Waals surface area contributed by atoms with Gasteiger partial charge in [-0.15, -0.1) is 11.6 Å². The molecule has 0 aromatic carbocycles. The summed E-state index contributed by atoms with van der Waals surface area (Å²) in [4.78, 5) is 9.99. The number of rotatable bonds is 2. The summed E-state index contributed by atoms with van der Waals surface area (Å²) in [7, 11) is 0. The van der Waals surface area contributed by atoms with Crippen LogP contribution in [0, 0.1) is 11.3 Å². The summed E-state index contributed by atoms with van der Waals surface area (Å²) in [6.45, 7) is 6.26. The topological polar surface area (TPSA) is 50.1 Å². The Hall–Kier alpha value is -1.27. The van der Waals surface area contributed by atoms with Gasteiger partial charge in [0.25, 0.3) is 0 Å². The lowest BCUT2D eigenvalue weighted by Crippen LogP contribution is -1.98. The van der Waals surface area contributed by atoms with Gasteiger partial charge in [-0.25, -0.2) is 0 Å². The maximum atomic E-state index is 9.99. The summed E-state index contributed by atoms with van der Waals surface area (Å²) in [6, 6.07) is 1.69. The Morgan fingerprint density at radius 3 is 2.27 bits per heavy atom. The van der Waals surface area contributed by atoms with Crippen molar-refractivity contribution in [2.24, 2.45) is 0 Å². The number of nitriles is 1. The van der Waals surface area contributed by atoms with E-state index in [4.69, 9.17) is 16.9 Å². The summed E-state index contributed by atoms with van der Waals surface area (Å²) in [5.74, 6) is -0.594. The fourth-order valence-corrected chi connectivity index (χ4v) is 0.187. The van der Waals surface area contributed by atoms with Gasteiger partial charge in [-0.3, -0.25) is 4.79 Å². The van der Waals surface area contributed by atoms with Crippen molar-refractivity contribution < 1.29 is 9.53 Å². The third-order valence-corrected chi connectivity index (χ3v) is 0.633. The number of hydrogen-bond acceptors (Lipinski definition) is 3. The van der Waals surface area contributed by atoms with Crippen molar-refractivity contribution >= 4 is 17.6 Å². The van der Waals surface area contributed by atoms with Crippen LogP contribution in [0.15, 0.2) is 25.5 Å². The SMILES string of the molecule is C=CC#N.C=COC(=O)CCl. The summed E-state index contributed by atoms with van der Waals surface area (Å²) in [5.41, 5.74) is 0. The lowest BCUT2D eigenvalue weighted by atomic mass is 10.8. The molecule has 0 aliphatic heterocycles. The van der Waals surface area contributed by atoms with E-state index in [0.29, 0.717) is 0 Å². The van der Waals surface area contributed by atoms with E-state index in [0.717, 1.165) is 6.26 Å². The smallest absolute Gasteiger partial charge is 0.325 e. The average Bonchev–Trinajstić information content (AvgIpc) is 2.05. The van der Waals surface area contributed by atoms with E-state index in [2.05, 4.69) is 17.9 Å². The number of nitrogens with zero attached hydrogens (tertiary/aromatic N) is 1. The number of halogens is 1. The second kappa shape index (κ2) is 11.5. The summed E-state index contributed by atoms with van der Waals surface area (Å²) < 4.78 is 4.18. The van der Waals surface area contributed by atoms with Crippen LogP contribution in [0.4, 0.5) is 0 Å². The molecule has 0 heterocycles. The molecule has 11 heavy (non-hydrogen) atoms. The molecule has 0 aromatic rings. The molecule has 0 bridgehead atoms.